The Morgan fingerprint density at radius 3 is 2.68 bits per heavy atom. The van der Waals surface area contributed by atoms with Gasteiger partial charge in [-0.3, -0.25) is 4.79 Å². The van der Waals surface area contributed by atoms with Crippen LogP contribution in [0.4, 0.5) is 5.95 Å². The van der Waals surface area contributed by atoms with E-state index in [0.29, 0.717) is 11.8 Å². The fourth-order valence-electron chi connectivity index (χ4n) is 4.92. The zero-order valence-corrected chi connectivity index (χ0v) is 15.3. The van der Waals surface area contributed by atoms with Crippen LogP contribution in [-0.2, 0) is 4.79 Å². The van der Waals surface area contributed by atoms with Crippen molar-refractivity contribution in [2.45, 2.75) is 38.6 Å². The maximum absolute atomic E-state index is 12.6. The van der Waals surface area contributed by atoms with Crippen molar-refractivity contribution < 1.29 is 4.79 Å². The number of hydrogen-bond donors (Lipinski definition) is 1. The SMILES string of the molecule is CCC(C)CN1CC2C(=O)NC3(CCN(c4ncccn4)CC3)C2C1. The van der Waals surface area contributed by atoms with Gasteiger partial charge < -0.3 is 15.1 Å². The topological polar surface area (TPSA) is 61.4 Å². The Bertz CT molecular complexity index is 614. The van der Waals surface area contributed by atoms with Crippen LogP contribution in [0.15, 0.2) is 18.5 Å². The molecule has 0 bridgehead atoms. The number of fused-ring (bicyclic) bond motifs is 2. The molecule has 3 atom stereocenters. The lowest BCUT2D eigenvalue weighted by Crippen LogP contribution is -2.55. The second-order valence-corrected chi connectivity index (χ2v) is 8.13. The third kappa shape index (κ3) is 3.01. The molecular formula is C19H29N5O. The number of likely N-dealkylation sites (tertiary alicyclic amines) is 1. The van der Waals surface area contributed by atoms with Gasteiger partial charge in [0, 0.05) is 56.6 Å². The second kappa shape index (κ2) is 6.56. The van der Waals surface area contributed by atoms with E-state index in [2.05, 4.69) is 38.9 Å². The largest absolute Gasteiger partial charge is 0.350 e. The van der Waals surface area contributed by atoms with Gasteiger partial charge in [0.15, 0.2) is 0 Å². The first-order valence-corrected chi connectivity index (χ1v) is 9.67. The standard InChI is InChI=1S/C19H29N5O/c1-3-14(2)11-23-12-15-16(13-23)19(22-17(15)25)5-9-24(10-6-19)18-20-7-4-8-21-18/h4,7-8,14-16H,3,5-6,9-13H2,1-2H3,(H,22,25). The number of hydrogen-bond acceptors (Lipinski definition) is 5. The minimum atomic E-state index is -0.0166. The van der Waals surface area contributed by atoms with Crippen LogP contribution in [0, 0.1) is 17.8 Å². The molecule has 25 heavy (non-hydrogen) atoms. The Morgan fingerprint density at radius 2 is 2.00 bits per heavy atom. The molecule has 3 aliphatic rings. The number of anilines is 1. The fourth-order valence-corrected chi connectivity index (χ4v) is 4.92. The highest BCUT2D eigenvalue weighted by Crippen LogP contribution is 2.44. The molecule has 4 rings (SSSR count). The predicted octanol–water partition coefficient (Wildman–Crippen LogP) is 1.54. The molecule has 0 aromatic carbocycles. The molecule has 6 heteroatoms. The van der Waals surface area contributed by atoms with Gasteiger partial charge in [0.25, 0.3) is 0 Å². The van der Waals surface area contributed by atoms with Gasteiger partial charge in [-0.25, -0.2) is 9.97 Å². The number of carbonyl (C=O) groups excluding carboxylic acids is 1. The molecule has 4 heterocycles. The molecule has 3 saturated heterocycles. The van der Waals surface area contributed by atoms with Crippen molar-refractivity contribution in [3.8, 4) is 0 Å². The number of nitrogens with one attached hydrogen (secondary N) is 1. The van der Waals surface area contributed by atoms with Crippen LogP contribution in [0.3, 0.4) is 0 Å². The molecule has 0 radical (unpaired) electrons. The smallest absolute Gasteiger partial charge is 0.225 e. The van der Waals surface area contributed by atoms with Crippen molar-refractivity contribution in [1.29, 1.82) is 0 Å². The molecule has 1 aromatic heterocycles. The quantitative estimate of drug-likeness (QED) is 0.899. The number of piperidine rings is 1. The summed E-state index contributed by atoms with van der Waals surface area (Å²) in [4.78, 5) is 26.1. The molecule has 1 spiro atoms. The third-order valence-electron chi connectivity index (χ3n) is 6.57. The van der Waals surface area contributed by atoms with E-state index >= 15 is 0 Å². The van der Waals surface area contributed by atoms with Gasteiger partial charge in [-0.1, -0.05) is 20.3 Å². The number of amides is 1. The molecule has 1 amide bonds. The molecule has 0 aliphatic carbocycles. The van der Waals surface area contributed by atoms with Crippen molar-refractivity contribution in [2.75, 3.05) is 37.6 Å². The fraction of sp³-hybridized carbons (Fsp3) is 0.737. The molecule has 1 aromatic rings. The molecular weight excluding hydrogens is 314 g/mol. The van der Waals surface area contributed by atoms with Crippen LogP contribution >= 0.6 is 0 Å². The maximum atomic E-state index is 12.6. The summed E-state index contributed by atoms with van der Waals surface area (Å²) in [5.41, 5.74) is -0.0166. The zero-order chi connectivity index (χ0) is 17.4. The van der Waals surface area contributed by atoms with Crippen molar-refractivity contribution in [3.05, 3.63) is 18.5 Å². The Labute approximate surface area is 150 Å². The van der Waals surface area contributed by atoms with Gasteiger partial charge in [-0.2, -0.15) is 0 Å². The molecule has 6 nitrogen and oxygen atoms in total. The third-order valence-corrected chi connectivity index (χ3v) is 6.57. The summed E-state index contributed by atoms with van der Waals surface area (Å²) in [6.07, 6.45) is 6.79. The minimum Gasteiger partial charge on any atom is -0.350 e. The van der Waals surface area contributed by atoms with E-state index in [1.807, 2.05) is 6.07 Å². The molecule has 0 saturated carbocycles. The summed E-state index contributed by atoms with van der Waals surface area (Å²) < 4.78 is 0. The van der Waals surface area contributed by atoms with E-state index in [-0.39, 0.29) is 17.4 Å². The van der Waals surface area contributed by atoms with E-state index in [0.717, 1.165) is 51.5 Å². The highest BCUT2D eigenvalue weighted by molar-refractivity contribution is 5.83. The monoisotopic (exact) mass is 343 g/mol. The summed E-state index contributed by atoms with van der Waals surface area (Å²) in [7, 11) is 0. The van der Waals surface area contributed by atoms with E-state index in [1.54, 1.807) is 12.4 Å². The number of carbonyl (C=O) groups is 1. The normalized spacial score (nSPS) is 29.7. The summed E-state index contributed by atoms with van der Waals surface area (Å²) in [6, 6.07) is 1.85. The second-order valence-electron chi connectivity index (χ2n) is 8.13. The van der Waals surface area contributed by atoms with Crippen molar-refractivity contribution in [1.82, 2.24) is 20.2 Å². The Hall–Kier alpha value is -1.69. The highest BCUT2D eigenvalue weighted by Gasteiger charge is 2.57. The predicted molar refractivity (Wildman–Crippen MR) is 97.2 cm³/mol. The summed E-state index contributed by atoms with van der Waals surface area (Å²) in [5.74, 6) is 2.44. The number of rotatable bonds is 4. The lowest BCUT2D eigenvalue weighted by Gasteiger charge is -2.42. The van der Waals surface area contributed by atoms with Gasteiger partial charge in [-0.15, -0.1) is 0 Å². The Kier molecular flexibility index (Phi) is 4.40. The minimum absolute atomic E-state index is 0.0166. The first-order valence-electron chi connectivity index (χ1n) is 9.67. The van der Waals surface area contributed by atoms with Crippen LogP contribution in [0.25, 0.3) is 0 Å². The lowest BCUT2D eigenvalue weighted by molar-refractivity contribution is -0.123. The van der Waals surface area contributed by atoms with E-state index in [4.69, 9.17) is 0 Å². The van der Waals surface area contributed by atoms with Crippen LogP contribution in [0.2, 0.25) is 0 Å². The van der Waals surface area contributed by atoms with Gasteiger partial charge >= 0.3 is 0 Å². The molecule has 3 unspecified atom stereocenters. The van der Waals surface area contributed by atoms with Gasteiger partial charge in [0.2, 0.25) is 11.9 Å². The van der Waals surface area contributed by atoms with E-state index in [9.17, 15) is 4.79 Å². The first kappa shape index (κ1) is 16.8. The average molecular weight is 343 g/mol. The van der Waals surface area contributed by atoms with Gasteiger partial charge in [0.05, 0.1) is 5.92 Å². The van der Waals surface area contributed by atoms with Crippen LogP contribution < -0.4 is 10.2 Å². The average Bonchev–Trinajstić information content (AvgIpc) is 3.16. The molecule has 3 fully saturated rings. The highest BCUT2D eigenvalue weighted by atomic mass is 16.2. The van der Waals surface area contributed by atoms with E-state index < -0.39 is 0 Å². The molecule has 3 aliphatic heterocycles. The number of aromatic nitrogens is 2. The summed E-state index contributed by atoms with van der Waals surface area (Å²) >= 11 is 0. The Balaban J connectivity index is 1.44. The van der Waals surface area contributed by atoms with Crippen LogP contribution in [0.5, 0.6) is 0 Å². The van der Waals surface area contributed by atoms with Gasteiger partial charge in [-0.05, 0) is 24.8 Å². The first-order chi connectivity index (χ1) is 12.1. The summed E-state index contributed by atoms with van der Waals surface area (Å²) in [6.45, 7) is 9.51. The van der Waals surface area contributed by atoms with Crippen molar-refractivity contribution in [2.24, 2.45) is 17.8 Å². The summed E-state index contributed by atoms with van der Waals surface area (Å²) in [5, 5.41) is 3.40. The molecule has 136 valence electrons. The maximum Gasteiger partial charge on any atom is 0.225 e. The van der Waals surface area contributed by atoms with Crippen LogP contribution in [-0.4, -0.2) is 59.0 Å². The van der Waals surface area contributed by atoms with Crippen LogP contribution in [0.1, 0.15) is 33.1 Å². The zero-order valence-electron chi connectivity index (χ0n) is 15.3. The van der Waals surface area contributed by atoms with E-state index in [1.165, 1.54) is 6.42 Å². The molecule has 1 N–H and O–H groups in total. The number of nitrogens with zero attached hydrogens (tertiary/aromatic N) is 4. The Morgan fingerprint density at radius 1 is 1.28 bits per heavy atom. The van der Waals surface area contributed by atoms with Crippen molar-refractivity contribution >= 4 is 11.9 Å². The van der Waals surface area contributed by atoms with Gasteiger partial charge in [0.1, 0.15) is 0 Å². The lowest BCUT2D eigenvalue weighted by atomic mass is 9.75. The van der Waals surface area contributed by atoms with Crippen molar-refractivity contribution in [3.63, 3.8) is 0 Å².